The highest BCUT2D eigenvalue weighted by atomic mass is 35.5. The van der Waals surface area contributed by atoms with E-state index in [0.717, 1.165) is 0 Å². The van der Waals surface area contributed by atoms with E-state index in [1.807, 2.05) is 0 Å². The molecular formula is C11H14ClFN2O. The Morgan fingerprint density at radius 2 is 2.19 bits per heavy atom. The van der Waals surface area contributed by atoms with Gasteiger partial charge in [-0.3, -0.25) is 4.79 Å². The fourth-order valence-electron chi connectivity index (χ4n) is 1.20. The van der Waals surface area contributed by atoms with Gasteiger partial charge in [0.2, 0.25) is 5.91 Å². The topological polar surface area (TPSA) is 55.1 Å². The molecule has 1 aromatic rings. The summed E-state index contributed by atoms with van der Waals surface area (Å²) < 4.78 is 12.9. The average Bonchev–Trinajstić information content (AvgIpc) is 2.08. The van der Waals surface area contributed by atoms with E-state index in [0.29, 0.717) is 5.02 Å². The van der Waals surface area contributed by atoms with Crippen LogP contribution in [0.2, 0.25) is 5.02 Å². The normalized spacial score (nSPS) is 11.3. The molecule has 0 saturated heterocycles. The van der Waals surface area contributed by atoms with E-state index in [9.17, 15) is 9.18 Å². The van der Waals surface area contributed by atoms with E-state index in [2.05, 4.69) is 5.32 Å². The molecule has 0 aliphatic carbocycles. The average molecular weight is 245 g/mol. The Balaban J connectivity index is 2.73. The summed E-state index contributed by atoms with van der Waals surface area (Å²) in [4.78, 5) is 11.5. The maximum atomic E-state index is 12.9. The van der Waals surface area contributed by atoms with Crippen molar-refractivity contribution in [2.24, 2.45) is 5.73 Å². The summed E-state index contributed by atoms with van der Waals surface area (Å²) in [5.74, 6) is -0.744. The molecule has 16 heavy (non-hydrogen) atoms. The van der Waals surface area contributed by atoms with E-state index in [1.165, 1.54) is 18.2 Å². The molecule has 0 radical (unpaired) electrons. The minimum absolute atomic E-state index is 0.139. The van der Waals surface area contributed by atoms with Crippen LogP contribution in [0.1, 0.15) is 20.3 Å². The monoisotopic (exact) mass is 244 g/mol. The molecule has 1 aromatic carbocycles. The van der Waals surface area contributed by atoms with E-state index < -0.39 is 11.4 Å². The second-order valence-electron chi connectivity index (χ2n) is 4.34. The van der Waals surface area contributed by atoms with Crippen LogP contribution < -0.4 is 11.1 Å². The molecular weight excluding hydrogens is 231 g/mol. The summed E-state index contributed by atoms with van der Waals surface area (Å²) in [6.45, 7) is 3.47. The van der Waals surface area contributed by atoms with Crippen molar-refractivity contribution in [3.63, 3.8) is 0 Å². The second kappa shape index (κ2) is 4.80. The fourth-order valence-corrected chi connectivity index (χ4v) is 1.37. The lowest BCUT2D eigenvalue weighted by molar-refractivity contribution is -0.117. The summed E-state index contributed by atoms with van der Waals surface area (Å²) in [5.41, 5.74) is 5.34. The second-order valence-corrected chi connectivity index (χ2v) is 4.74. The van der Waals surface area contributed by atoms with Gasteiger partial charge in [0.05, 0.1) is 10.7 Å². The largest absolute Gasteiger partial charge is 0.325 e. The maximum absolute atomic E-state index is 12.9. The summed E-state index contributed by atoms with van der Waals surface area (Å²) in [7, 11) is 0. The van der Waals surface area contributed by atoms with Gasteiger partial charge in [0.15, 0.2) is 0 Å². The van der Waals surface area contributed by atoms with Crippen LogP contribution in [-0.4, -0.2) is 11.4 Å². The number of hydrogen-bond donors (Lipinski definition) is 2. The highest BCUT2D eigenvalue weighted by Crippen LogP contribution is 2.22. The molecule has 0 aliphatic rings. The van der Waals surface area contributed by atoms with Crippen molar-refractivity contribution < 1.29 is 9.18 Å². The molecule has 5 heteroatoms. The Hall–Kier alpha value is -1.13. The molecule has 0 saturated carbocycles. The number of anilines is 1. The third kappa shape index (κ3) is 4.16. The Kier molecular flexibility index (Phi) is 3.88. The zero-order valence-electron chi connectivity index (χ0n) is 9.18. The smallest absolute Gasteiger partial charge is 0.226 e. The Morgan fingerprint density at radius 1 is 1.56 bits per heavy atom. The van der Waals surface area contributed by atoms with Crippen molar-refractivity contribution in [2.45, 2.75) is 25.8 Å². The van der Waals surface area contributed by atoms with Gasteiger partial charge in [0.1, 0.15) is 5.82 Å². The van der Waals surface area contributed by atoms with Crippen molar-refractivity contribution in [2.75, 3.05) is 5.32 Å². The van der Waals surface area contributed by atoms with Gasteiger partial charge >= 0.3 is 0 Å². The highest BCUT2D eigenvalue weighted by Gasteiger charge is 2.17. The molecule has 3 nitrogen and oxygen atoms in total. The van der Waals surface area contributed by atoms with Crippen LogP contribution in [0.3, 0.4) is 0 Å². The van der Waals surface area contributed by atoms with Crippen LogP contribution in [0.15, 0.2) is 18.2 Å². The Bertz CT molecular complexity index is 401. The van der Waals surface area contributed by atoms with Crippen molar-refractivity contribution >= 4 is 23.2 Å². The molecule has 0 atom stereocenters. The molecule has 0 aliphatic heterocycles. The molecule has 1 amide bonds. The zero-order valence-corrected chi connectivity index (χ0v) is 9.94. The first-order chi connectivity index (χ1) is 7.28. The van der Waals surface area contributed by atoms with Gasteiger partial charge in [-0.2, -0.15) is 0 Å². The molecule has 0 aromatic heterocycles. The van der Waals surface area contributed by atoms with E-state index in [-0.39, 0.29) is 18.0 Å². The zero-order chi connectivity index (χ0) is 12.3. The number of amides is 1. The van der Waals surface area contributed by atoms with Crippen LogP contribution in [0.4, 0.5) is 10.1 Å². The van der Waals surface area contributed by atoms with Gasteiger partial charge in [-0.1, -0.05) is 11.6 Å². The lowest BCUT2D eigenvalue weighted by Gasteiger charge is -2.17. The SMILES string of the molecule is CC(C)(N)CC(=O)Nc1cc(F)ccc1Cl. The molecule has 0 bridgehead atoms. The number of nitrogens with one attached hydrogen (secondary N) is 1. The highest BCUT2D eigenvalue weighted by molar-refractivity contribution is 6.33. The molecule has 88 valence electrons. The molecule has 3 N–H and O–H groups in total. The van der Waals surface area contributed by atoms with Crippen LogP contribution in [0, 0.1) is 5.82 Å². The molecule has 0 unspecified atom stereocenters. The minimum atomic E-state index is -0.607. The molecule has 0 heterocycles. The first kappa shape index (κ1) is 12.9. The third-order valence-corrected chi connectivity index (χ3v) is 2.15. The van der Waals surface area contributed by atoms with Crippen molar-refractivity contribution in [1.82, 2.24) is 0 Å². The summed E-state index contributed by atoms with van der Waals surface area (Å²) in [6.07, 6.45) is 0.139. The van der Waals surface area contributed by atoms with Crippen molar-refractivity contribution in [3.8, 4) is 0 Å². The number of hydrogen-bond acceptors (Lipinski definition) is 2. The van der Waals surface area contributed by atoms with E-state index in [4.69, 9.17) is 17.3 Å². The third-order valence-electron chi connectivity index (χ3n) is 1.82. The van der Waals surface area contributed by atoms with Gasteiger partial charge in [0.25, 0.3) is 0 Å². The first-order valence-electron chi connectivity index (χ1n) is 4.82. The summed E-state index contributed by atoms with van der Waals surface area (Å²) in [6, 6.07) is 3.79. The predicted octanol–water partition coefficient (Wildman–Crippen LogP) is 2.54. The Morgan fingerprint density at radius 3 is 2.75 bits per heavy atom. The predicted molar refractivity (Wildman–Crippen MR) is 62.9 cm³/mol. The lowest BCUT2D eigenvalue weighted by Crippen LogP contribution is -2.36. The van der Waals surface area contributed by atoms with Crippen molar-refractivity contribution in [3.05, 3.63) is 29.0 Å². The number of halogens is 2. The van der Waals surface area contributed by atoms with Gasteiger partial charge in [-0.05, 0) is 32.0 Å². The van der Waals surface area contributed by atoms with Crippen LogP contribution in [0.5, 0.6) is 0 Å². The van der Waals surface area contributed by atoms with Gasteiger partial charge in [-0.25, -0.2) is 4.39 Å². The summed E-state index contributed by atoms with van der Waals surface area (Å²) >= 11 is 5.80. The fraction of sp³-hybridized carbons (Fsp3) is 0.364. The van der Waals surface area contributed by atoms with Gasteiger partial charge < -0.3 is 11.1 Å². The van der Waals surface area contributed by atoms with E-state index >= 15 is 0 Å². The molecule has 0 spiro atoms. The number of nitrogens with two attached hydrogens (primary N) is 1. The number of benzene rings is 1. The number of carbonyl (C=O) groups is 1. The summed E-state index contributed by atoms with van der Waals surface area (Å²) in [5, 5.41) is 2.81. The molecule has 0 fully saturated rings. The maximum Gasteiger partial charge on any atom is 0.226 e. The number of carbonyl (C=O) groups excluding carboxylic acids is 1. The van der Waals surface area contributed by atoms with Crippen molar-refractivity contribution in [1.29, 1.82) is 0 Å². The first-order valence-corrected chi connectivity index (χ1v) is 5.19. The van der Waals surface area contributed by atoms with Crippen LogP contribution in [0.25, 0.3) is 0 Å². The lowest BCUT2D eigenvalue weighted by atomic mass is 10.0. The van der Waals surface area contributed by atoms with Gasteiger partial charge in [-0.15, -0.1) is 0 Å². The molecule has 1 rings (SSSR count). The Labute approximate surface area is 98.8 Å². The van der Waals surface area contributed by atoms with Crippen LogP contribution >= 0.6 is 11.6 Å². The standard InChI is InChI=1S/C11H14ClFN2O/c1-11(2,14)6-10(16)15-9-5-7(13)3-4-8(9)12/h3-5H,6,14H2,1-2H3,(H,15,16). The quantitative estimate of drug-likeness (QED) is 0.859. The number of rotatable bonds is 3. The minimum Gasteiger partial charge on any atom is -0.325 e. The van der Waals surface area contributed by atoms with Crippen LogP contribution in [-0.2, 0) is 4.79 Å². The van der Waals surface area contributed by atoms with E-state index in [1.54, 1.807) is 13.8 Å². The van der Waals surface area contributed by atoms with Gasteiger partial charge in [0, 0.05) is 12.0 Å².